The van der Waals surface area contributed by atoms with Crippen molar-refractivity contribution < 1.29 is 32.2 Å². The minimum absolute atomic E-state index is 0.0576. The summed E-state index contributed by atoms with van der Waals surface area (Å²) in [5, 5.41) is 2.62. The second-order valence-electron chi connectivity index (χ2n) is 8.03. The zero-order chi connectivity index (χ0) is 23.3. The minimum atomic E-state index is -2.98. The van der Waals surface area contributed by atoms with Gasteiger partial charge in [-0.1, -0.05) is 32.9 Å². The predicted molar refractivity (Wildman–Crippen MR) is 116 cm³/mol. The molecule has 2 aromatic carbocycles. The Labute approximate surface area is 185 Å². The number of carbonyl (C=O) groups excluding carboxylic acids is 1. The van der Waals surface area contributed by atoms with Gasteiger partial charge in [-0.3, -0.25) is 4.79 Å². The van der Waals surface area contributed by atoms with E-state index in [1.165, 1.54) is 36.9 Å². The number of methoxy groups -OCH3 is 1. The number of nitrogens with one attached hydrogen (secondary N) is 1. The van der Waals surface area contributed by atoms with Crippen LogP contribution in [0.5, 0.6) is 17.2 Å². The highest BCUT2D eigenvalue weighted by Crippen LogP contribution is 2.31. The van der Waals surface area contributed by atoms with E-state index in [2.05, 4.69) is 30.8 Å². The van der Waals surface area contributed by atoms with Crippen LogP contribution in [0.2, 0.25) is 0 Å². The summed E-state index contributed by atoms with van der Waals surface area (Å²) in [5.41, 5.74) is 1.59. The number of amides is 1. The van der Waals surface area contributed by atoms with Gasteiger partial charge in [0.1, 0.15) is 18.1 Å². The number of hydrogen-bond acceptors (Lipinski definition) is 5. The Balaban J connectivity index is 1.60. The van der Waals surface area contributed by atoms with Crippen LogP contribution in [-0.2, 0) is 12.0 Å². The van der Waals surface area contributed by atoms with Crippen molar-refractivity contribution in [3.05, 3.63) is 71.7 Å². The number of rotatable bonds is 8. The van der Waals surface area contributed by atoms with E-state index in [0.29, 0.717) is 17.2 Å². The highest BCUT2D eigenvalue weighted by atomic mass is 19.3. The van der Waals surface area contributed by atoms with Gasteiger partial charge in [-0.15, -0.1) is 0 Å². The van der Waals surface area contributed by atoms with E-state index in [0.717, 1.165) is 0 Å². The second kappa shape index (κ2) is 9.72. The average Bonchev–Trinajstić information content (AvgIpc) is 3.22. The molecule has 0 aliphatic carbocycles. The monoisotopic (exact) mass is 445 g/mol. The lowest BCUT2D eigenvalue weighted by Gasteiger charge is -2.19. The molecule has 170 valence electrons. The van der Waals surface area contributed by atoms with Crippen LogP contribution >= 0.6 is 0 Å². The van der Waals surface area contributed by atoms with Crippen molar-refractivity contribution in [2.24, 2.45) is 0 Å². The summed E-state index contributed by atoms with van der Waals surface area (Å²) in [6.07, 6.45) is 0. The zero-order valence-electron chi connectivity index (χ0n) is 18.3. The third-order valence-electron chi connectivity index (χ3n) is 4.62. The molecule has 0 atom stereocenters. The smallest absolute Gasteiger partial charge is 0.387 e. The first-order chi connectivity index (χ1) is 15.2. The van der Waals surface area contributed by atoms with Crippen molar-refractivity contribution >= 4 is 11.6 Å². The maximum absolute atomic E-state index is 12.5. The molecular formula is C24H25F2NO5. The van der Waals surface area contributed by atoms with Crippen molar-refractivity contribution in [1.29, 1.82) is 0 Å². The van der Waals surface area contributed by atoms with Crippen molar-refractivity contribution in [1.82, 2.24) is 0 Å². The summed E-state index contributed by atoms with van der Waals surface area (Å²) in [5.74, 6) is 0.684. The summed E-state index contributed by atoms with van der Waals surface area (Å²) >= 11 is 0. The number of benzene rings is 2. The lowest BCUT2D eigenvalue weighted by molar-refractivity contribution is -0.0512. The molecule has 1 N–H and O–H groups in total. The van der Waals surface area contributed by atoms with E-state index in [4.69, 9.17) is 13.9 Å². The maximum Gasteiger partial charge on any atom is 0.387 e. The van der Waals surface area contributed by atoms with Crippen LogP contribution < -0.4 is 19.5 Å². The van der Waals surface area contributed by atoms with Crippen molar-refractivity contribution in [3.63, 3.8) is 0 Å². The third kappa shape index (κ3) is 6.00. The average molecular weight is 445 g/mol. The summed E-state index contributed by atoms with van der Waals surface area (Å²) in [7, 11) is 1.31. The fourth-order valence-electron chi connectivity index (χ4n) is 2.91. The van der Waals surface area contributed by atoms with Gasteiger partial charge in [0, 0.05) is 11.8 Å². The lowest BCUT2D eigenvalue weighted by Crippen LogP contribution is -2.11. The molecule has 0 fully saturated rings. The third-order valence-corrected chi connectivity index (χ3v) is 4.62. The van der Waals surface area contributed by atoms with Crippen LogP contribution in [0.1, 0.15) is 42.6 Å². The normalized spacial score (nSPS) is 11.3. The first-order valence-corrected chi connectivity index (χ1v) is 9.92. The molecule has 3 aromatic rings. The number of halogens is 2. The van der Waals surface area contributed by atoms with E-state index < -0.39 is 12.5 Å². The molecule has 0 bridgehead atoms. The van der Waals surface area contributed by atoms with Gasteiger partial charge in [0.05, 0.1) is 7.11 Å². The largest absolute Gasteiger partial charge is 0.493 e. The van der Waals surface area contributed by atoms with Crippen LogP contribution in [0.15, 0.2) is 59.0 Å². The van der Waals surface area contributed by atoms with Gasteiger partial charge in [-0.25, -0.2) is 0 Å². The molecule has 0 radical (unpaired) electrons. The van der Waals surface area contributed by atoms with Gasteiger partial charge in [-0.2, -0.15) is 8.78 Å². The molecule has 0 saturated carbocycles. The molecule has 0 spiro atoms. The standard InChI is InChI=1S/C24H25F2NO5/c1-24(2,3)15-5-8-17(9-6-15)30-14-18-10-12-20(31-18)22(28)27-16-7-11-19(32-23(25)26)21(13-16)29-4/h5-13,23H,14H2,1-4H3,(H,27,28). The van der Waals surface area contributed by atoms with Gasteiger partial charge < -0.3 is 23.9 Å². The first-order valence-electron chi connectivity index (χ1n) is 9.92. The number of alkyl halides is 2. The van der Waals surface area contributed by atoms with E-state index in [9.17, 15) is 13.6 Å². The molecule has 8 heteroatoms. The number of anilines is 1. The fourth-order valence-corrected chi connectivity index (χ4v) is 2.91. The van der Waals surface area contributed by atoms with Gasteiger partial charge in [0.2, 0.25) is 0 Å². The Bertz CT molecular complexity index is 1050. The molecule has 32 heavy (non-hydrogen) atoms. The molecular weight excluding hydrogens is 420 g/mol. The van der Waals surface area contributed by atoms with Crippen LogP contribution in [0, 0.1) is 0 Å². The molecule has 0 saturated heterocycles. The molecule has 3 rings (SSSR count). The van der Waals surface area contributed by atoms with E-state index in [1.807, 2.05) is 24.3 Å². The Morgan fingerprint density at radius 1 is 1.03 bits per heavy atom. The number of carbonyl (C=O) groups is 1. The minimum Gasteiger partial charge on any atom is -0.493 e. The SMILES string of the molecule is COc1cc(NC(=O)c2ccc(COc3ccc(C(C)(C)C)cc3)o2)ccc1OC(F)F. The molecule has 0 aliphatic heterocycles. The number of hydrogen-bond donors (Lipinski definition) is 1. The zero-order valence-corrected chi connectivity index (χ0v) is 18.3. The first kappa shape index (κ1) is 23.1. The summed E-state index contributed by atoms with van der Waals surface area (Å²) in [6.45, 7) is 3.60. The Morgan fingerprint density at radius 2 is 1.75 bits per heavy atom. The van der Waals surface area contributed by atoms with Crippen LogP contribution in [-0.4, -0.2) is 19.6 Å². The van der Waals surface area contributed by atoms with E-state index in [-0.39, 0.29) is 29.3 Å². The van der Waals surface area contributed by atoms with E-state index in [1.54, 1.807) is 6.07 Å². The molecule has 0 aliphatic rings. The molecule has 6 nitrogen and oxygen atoms in total. The van der Waals surface area contributed by atoms with Crippen LogP contribution in [0.25, 0.3) is 0 Å². The Hall–Kier alpha value is -3.55. The van der Waals surface area contributed by atoms with Crippen LogP contribution in [0.4, 0.5) is 14.5 Å². The Morgan fingerprint density at radius 3 is 2.38 bits per heavy atom. The van der Waals surface area contributed by atoms with Crippen molar-refractivity contribution in [2.75, 3.05) is 12.4 Å². The second-order valence-corrected chi connectivity index (χ2v) is 8.03. The summed E-state index contributed by atoms with van der Waals surface area (Å²) in [6, 6.07) is 15.1. The van der Waals surface area contributed by atoms with Gasteiger partial charge in [0.25, 0.3) is 5.91 Å². The number of furan rings is 1. The topological polar surface area (TPSA) is 69.9 Å². The molecule has 0 unspecified atom stereocenters. The predicted octanol–water partition coefficient (Wildman–Crippen LogP) is 6.02. The molecule has 1 amide bonds. The molecule has 1 heterocycles. The van der Waals surface area contributed by atoms with Gasteiger partial charge in [0.15, 0.2) is 17.3 Å². The summed E-state index contributed by atoms with van der Waals surface area (Å²) in [4.78, 5) is 12.5. The maximum atomic E-state index is 12.5. The highest BCUT2D eigenvalue weighted by Gasteiger charge is 2.16. The Kier molecular flexibility index (Phi) is 7.02. The van der Waals surface area contributed by atoms with E-state index >= 15 is 0 Å². The highest BCUT2D eigenvalue weighted by molar-refractivity contribution is 6.02. The van der Waals surface area contributed by atoms with Gasteiger partial charge in [-0.05, 0) is 47.4 Å². The van der Waals surface area contributed by atoms with Gasteiger partial charge >= 0.3 is 6.61 Å². The van der Waals surface area contributed by atoms with Crippen molar-refractivity contribution in [3.8, 4) is 17.2 Å². The van der Waals surface area contributed by atoms with Crippen LogP contribution in [0.3, 0.4) is 0 Å². The fraction of sp³-hybridized carbons (Fsp3) is 0.292. The molecule has 1 aromatic heterocycles. The van der Waals surface area contributed by atoms with Crippen molar-refractivity contribution in [2.45, 2.75) is 39.4 Å². The quantitative estimate of drug-likeness (QED) is 0.459. The lowest BCUT2D eigenvalue weighted by atomic mass is 9.87. The number of ether oxygens (including phenoxy) is 3. The summed E-state index contributed by atoms with van der Waals surface area (Å²) < 4.78 is 45.6.